The molecule has 98 valence electrons. The molecule has 0 amide bonds. The molecule has 0 N–H and O–H groups in total. The minimum absolute atomic E-state index is 0.522. The van der Waals surface area contributed by atoms with E-state index in [0.717, 1.165) is 24.0 Å². The largest absolute Gasteiger partial charge is 0.295 e. The molecule has 0 fully saturated rings. The lowest BCUT2D eigenvalue weighted by molar-refractivity contribution is 0.112. The Labute approximate surface area is 121 Å². The SMILES string of the molecule is O=Cc1nc(-c2ccc(Cc3ccccc3)cc2)cs1. The normalized spacial score (nSPS) is 10.4. The molecule has 1 heterocycles. The number of carbonyl (C=O) groups is 1. The van der Waals surface area contributed by atoms with Gasteiger partial charge in [0, 0.05) is 10.9 Å². The zero-order valence-corrected chi connectivity index (χ0v) is 11.6. The van der Waals surface area contributed by atoms with Gasteiger partial charge in [-0.15, -0.1) is 11.3 Å². The van der Waals surface area contributed by atoms with Gasteiger partial charge in [0.1, 0.15) is 0 Å². The zero-order chi connectivity index (χ0) is 13.8. The third-order valence-electron chi connectivity index (χ3n) is 3.12. The summed E-state index contributed by atoms with van der Waals surface area (Å²) in [4.78, 5) is 14.9. The molecule has 2 aromatic carbocycles. The Bertz CT molecular complexity index is 701. The number of benzene rings is 2. The molecule has 0 saturated heterocycles. The average Bonchev–Trinajstić information content (AvgIpc) is 2.98. The molecule has 0 saturated carbocycles. The monoisotopic (exact) mass is 279 g/mol. The summed E-state index contributed by atoms with van der Waals surface area (Å²) in [5.74, 6) is 0. The molecular weight excluding hydrogens is 266 g/mol. The lowest BCUT2D eigenvalue weighted by Gasteiger charge is -2.03. The summed E-state index contributed by atoms with van der Waals surface area (Å²) in [6, 6.07) is 18.7. The molecule has 3 heteroatoms. The van der Waals surface area contributed by atoms with E-state index < -0.39 is 0 Å². The number of carbonyl (C=O) groups excluding carboxylic acids is 1. The van der Waals surface area contributed by atoms with Gasteiger partial charge in [-0.1, -0.05) is 54.6 Å². The fraction of sp³-hybridized carbons (Fsp3) is 0.0588. The van der Waals surface area contributed by atoms with E-state index in [-0.39, 0.29) is 0 Å². The van der Waals surface area contributed by atoms with Gasteiger partial charge < -0.3 is 0 Å². The molecule has 1 aromatic heterocycles. The second-order valence-electron chi connectivity index (χ2n) is 4.55. The van der Waals surface area contributed by atoms with E-state index in [9.17, 15) is 4.79 Å². The first-order valence-electron chi connectivity index (χ1n) is 6.39. The van der Waals surface area contributed by atoms with Crippen molar-refractivity contribution in [3.63, 3.8) is 0 Å². The number of thiazole rings is 1. The first-order chi connectivity index (χ1) is 9.85. The topological polar surface area (TPSA) is 30.0 Å². The number of hydrogen-bond donors (Lipinski definition) is 0. The van der Waals surface area contributed by atoms with E-state index in [1.165, 1.54) is 22.5 Å². The van der Waals surface area contributed by atoms with E-state index in [1.54, 1.807) is 0 Å². The molecule has 0 aliphatic heterocycles. The Morgan fingerprint density at radius 3 is 2.30 bits per heavy atom. The van der Waals surface area contributed by atoms with Crippen molar-refractivity contribution in [3.05, 3.63) is 76.1 Å². The van der Waals surface area contributed by atoms with Gasteiger partial charge in [-0.25, -0.2) is 4.98 Å². The summed E-state index contributed by atoms with van der Waals surface area (Å²) < 4.78 is 0. The van der Waals surface area contributed by atoms with Gasteiger partial charge in [0.15, 0.2) is 11.3 Å². The van der Waals surface area contributed by atoms with E-state index in [1.807, 2.05) is 11.4 Å². The molecule has 0 aliphatic rings. The van der Waals surface area contributed by atoms with Crippen molar-refractivity contribution in [3.8, 4) is 11.3 Å². The van der Waals surface area contributed by atoms with E-state index in [2.05, 4.69) is 53.5 Å². The van der Waals surface area contributed by atoms with Crippen molar-refractivity contribution in [2.24, 2.45) is 0 Å². The summed E-state index contributed by atoms with van der Waals surface area (Å²) in [5, 5.41) is 2.43. The predicted molar refractivity (Wildman–Crippen MR) is 82.2 cm³/mol. The molecule has 0 bridgehead atoms. The lowest BCUT2D eigenvalue weighted by Crippen LogP contribution is -1.88. The minimum Gasteiger partial charge on any atom is -0.295 e. The van der Waals surface area contributed by atoms with Gasteiger partial charge in [0.2, 0.25) is 0 Å². The molecule has 0 spiro atoms. The fourth-order valence-electron chi connectivity index (χ4n) is 2.10. The molecule has 0 aliphatic carbocycles. The molecule has 0 radical (unpaired) electrons. The summed E-state index contributed by atoms with van der Waals surface area (Å²) in [6.45, 7) is 0. The number of hydrogen-bond acceptors (Lipinski definition) is 3. The van der Waals surface area contributed by atoms with Crippen LogP contribution in [0.25, 0.3) is 11.3 Å². The van der Waals surface area contributed by atoms with Crippen molar-refractivity contribution >= 4 is 17.6 Å². The molecule has 0 atom stereocenters. The van der Waals surface area contributed by atoms with Crippen molar-refractivity contribution in [1.82, 2.24) is 4.98 Å². The quantitative estimate of drug-likeness (QED) is 0.669. The number of nitrogens with zero attached hydrogens (tertiary/aromatic N) is 1. The number of aldehydes is 1. The van der Waals surface area contributed by atoms with Crippen LogP contribution in [0.2, 0.25) is 0 Å². The maximum absolute atomic E-state index is 10.7. The summed E-state index contributed by atoms with van der Waals surface area (Å²) >= 11 is 1.37. The van der Waals surface area contributed by atoms with Gasteiger partial charge in [-0.05, 0) is 17.5 Å². The summed E-state index contributed by atoms with van der Waals surface area (Å²) in [7, 11) is 0. The van der Waals surface area contributed by atoms with Crippen LogP contribution in [-0.4, -0.2) is 11.3 Å². The van der Waals surface area contributed by atoms with Crippen LogP contribution >= 0.6 is 11.3 Å². The second kappa shape index (κ2) is 5.80. The lowest BCUT2D eigenvalue weighted by atomic mass is 10.0. The van der Waals surface area contributed by atoms with Gasteiger partial charge in [0.25, 0.3) is 0 Å². The van der Waals surface area contributed by atoms with Gasteiger partial charge in [-0.3, -0.25) is 4.79 Å². The van der Waals surface area contributed by atoms with Crippen LogP contribution in [0, 0.1) is 0 Å². The first-order valence-corrected chi connectivity index (χ1v) is 7.27. The summed E-state index contributed by atoms with van der Waals surface area (Å²) in [5.41, 5.74) is 4.48. The third kappa shape index (κ3) is 2.83. The number of rotatable bonds is 4. The Morgan fingerprint density at radius 2 is 1.65 bits per heavy atom. The highest BCUT2D eigenvalue weighted by atomic mass is 32.1. The molecular formula is C17H13NOS. The Hall–Kier alpha value is -2.26. The smallest absolute Gasteiger partial charge is 0.178 e. The second-order valence-corrected chi connectivity index (χ2v) is 5.44. The first kappa shape index (κ1) is 12.8. The number of aromatic nitrogens is 1. The van der Waals surface area contributed by atoms with Crippen molar-refractivity contribution in [2.45, 2.75) is 6.42 Å². The van der Waals surface area contributed by atoms with Crippen LogP contribution in [0.4, 0.5) is 0 Å². The molecule has 3 aromatic rings. The maximum atomic E-state index is 10.7. The highest BCUT2D eigenvalue weighted by Gasteiger charge is 2.04. The summed E-state index contributed by atoms with van der Waals surface area (Å²) in [6.07, 6.45) is 1.72. The average molecular weight is 279 g/mol. The van der Waals surface area contributed by atoms with Gasteiger partial charge in [-0.2, -0.15) is 0 Å². The van der Waals surface area contributed by atoms with Crippen LogP contribution in [0.5, 0.6) is 0 Å². The predicted octanol–water partition coefficient (Wildman–Crippen LogP) is 4.21. The Morgan fingerprint density at radius 1 is 0.950 bits per heavy atom. The van der Waals surface area contributed by atoms with E-state index in [4.69, 9.17) is 0 Å². The molecule has 3 rings (SSSR count). The highest BCUT2D eigenvalue weighted by Crippen LogP contribution is 2.22. The minimum atomic E-state index is 0.522. The molecule has 0 unspecified atom stereocenters. The fourth-order valence-corrected chi connectivity index (χ4v) is 2.73. The van der Waals surface area contributed by atoms with Crippen LogP contribution in [0.15, 0.2) is 60.0 Å². The highest BCUT2D eigenvalue weighted by molar-refractivity contribution is 7.11. The van der Waals surface area contributed by atoms with Crippen LogP contribution < -0.4 is 0 Å². The Kier molecular flexibility index (Phi) is 3.70. The van der Waals surface area contributed by atoms with Crippen LogP contribution in [0.3, 0.4) is 0 Å². The van der Waals surface area contributed by atoms with Crippen molar-refractivity contribution in [2.75, 3.05) is 0 Å². The zero-order valence-electron chi connectivity index (χ0n) is 10.8. The van der Waals surface area contributed by atoms with Crippen molar-refractivity contribution in [1.29, 1.82) is 0 Å². The van der Waals surface area contributed by atoms with Crippen molar-refractivity contribution < 1.29 is 4.79 Å². The maximum Gasteiger partial charge on any atom is 0.178 e. The Balaban J connectivity index is 1.79. The van der Waals surface area contributed by atoms with Crippen LogP contribution in [-0.2, 0) is 6.42 Å². The van der Waals surface area contributed by atoms with E-state index in [0.29, 0.717) is 5.01 Å². The molecule has 2 nitrogen and oxygen atoms in total. The van der Waals surface area contributed by atoms with E-state index >= 15 is 0 Å². The standard InChI is InChI=1S/C17H13NOS/c19-11-17-18-16(12-20-17)15-8-6-14(7-9-15)10-13-4-2-1-3-5-13/h1-9,11-12H,10H2. The van der Waals surface area contributed by atoms with Crippen LogP contribution in [0.1, 0.15) is 20.9 Å². The van der Waals surface area contributed by atoms with Gasteiger partial charge >= 0.3 is 0 Å². The third-order valence-corrected chi connectivity index (χ3v) is 3.89. The molecule has 20 heavy (non-hydrogen) atoms. The van der Waals surface area contributed by atoms with Gasteiger partial charge in [0.05, 0.1) is 5.69 Å².